The van der Waals surface area contributed by atoms with Gasteiger partial charge in [-0.15, -0.1) is 0 Å². The van der Waals surface area contributed by atoms with Crippen LogP contribution >= 0.6 is 0 Å². The number of rotatable bonds is 4. The summed E-state index contributed by atoms with van der Waals surface area (Å²) < 4.78 is 4.10. The number of carbonyl (C=O) groups is 3. The van der Waals surface area contributed by atoms with E-state index in [4.69, 9.17) is 5.11 Å². The minimum Gasteiger partial charge on any atom is -0.478 e. The second-order valence-electron chi connectivity index (χ2n) is 2.78. The maximum absolute atomic E-state index is 11.3. The molecule has 1 aromatic carbocycles. The normalized spacial score (nSPS) is 9.25. The van der Waals surface area contributed by atoms with Gasteiger partial charge in [0.05, 0.1) is 11.1 Å². The van der Waals surface area contributed by atoms with Crippen LogP contribution < -0.4 is 0 Å². The van der Waals surface area contributed by atoms with E-state index in [1.807, 2.05) is 0 Å². The molecule has 0 saturated heterocycles. The highest BCUT2D eigenvalue weighted by Gasteiger charge is 2.19. The van der Waals surface area contributed by atoms with Crippen molar-refractivity contribution in [2.45, 2.75) is 0 Å². The summed E-state index contributed by atoms with van der Waals surface area (Å²) in [6, 6.07) is 4.24. The van der Waals surface area contributed by atoms with Crippen LogP contribution in [0.4, 0.5) is 0 Å². The van der Waals surface area contributed by atoms with Gasteiger partial charge in [0, 0.05) is 0 Å². The van der Waals surface area contributed by atoms with E-state index in [1.54, 1.807) is 0 Å². The summed E-state index contributed by atoms with van der Waals surface area (Å²) in [4.78, 5) is 32.3. The fourth-order valence-corrected chi connectivity index (χ4v) is 1.26. The minimum atomic E-state index is -1.28. The topological polar surface area (TPSA) is 80.7 Å². The van der Waals surface area contributed by atoms with Gasteiger partial charge in [0.25, 0.3) is 0 Å². The van der Waals surface area contributed by atoms with E-state index >= 15 is 0 Å². The number of benzene rings is 1. The third kappa shape index (κ3) is 2.14. The zero-order chi connectivity index (χ0) is 12.1. The zero-order valence-corrected chi connectivity index (χ0v) is 8.17. The molecule has 0 atom stereocenters. The highest BCUT2D eigenvalue weighted by molar-refractivity contribution is 6.06. The Labute approximate surface area is 91.0 Å². The van der Waals surface area contributed by atoms with Crippen LogP contribution in [0, 0.1) is 0 Å². The molecule has 0 saturated carbocycles. The number of carboxylic acids is 1. The van der Waals surface area contributed by atoms with Crippen LogP contribution in [0.1, 0.15) is 26.3 Å². The van der Waals surface area contributed by atoms with Crippen molar-refractivity contribution in [2.75, 3.05) is 0 Å². The summed E-state index contributed by atoms with van der Waals surface area (Å²) >= 11 is 0. The highest BCUT2D eigenvalue weighted by Crippen LogP contribution is 2.17. The van der Waals surface area contributed by atoms with Crippen molar-refractivity contribution in [3.8, 4) is 0 Å². The molecule has 1 N–H and O–H groups in total. The lowest BCUT2D eigenvalue weighted by Gasteiger charge is -2.06. The van der Waals surface area contributed by atoms with E-state index in [9.17, 15) is 14.4 Å². The molecule has 0 bridgehead atoms. The predicted octanol–water partition coefficient (Wildman–Crippen LogP) is 1.34. The fraction of sp³-hybridized carbons (Fsp3) is 0. The Morgan fingerprint density at radius 3 is 2.56 bits per heavy atom. The van der Waals surface area contributed by atoms with Gasteiger partial charge in [-0.1, -0.05) is 24.8 Å². The van der Waals surface area contributed by atoms with Crippen LogP contribution in [-0.4, -0.2) is 23.5 Å². The number of ether oxygens (including phenoxy) is 1. The molecule has 0 aromatic heterocycles. The Kier molecular flexibility index (Phi) is 3.55. The Bertz CT molecular complexity index is 461. The summed E-state index contributed by atoms with van der Waals surface area (Å²) in [5.41, 5.74) is -0.130. The van der Waals surface area contributed by atoms with Gasteiger partial charge < -0.3 is 9.84 Å². The number of aromatic carboxylic acids is 1. The van der Waals surface area contributed by atoms with Gasteiger partial charge in [0.2, 0.25) is 0 Å². The number of carbonyl (C=O) groups excluding carboxylic acids is 2. The summed E-state index contributed by atoms with van der Waals surface area (Å²) in [6.07, 6.45) is 1.31. The first kappa shape index (κ1) is 11.6. The van der Waals surface area contributed by atoms with Crippen molar-refractivity contribution in [3.63, 3.8) is 0 Å². The Balaban J connectivity index is 3.38. The van der Waals surface area contributed by atoms with Crippen LogP contribution in [0.2, 0.25) is 0 Å². The van der Waals surface area contributed by atoms with Crippen molar-refractivity contribution in [1.29, 1.82) is 0 Å². The van der Waals surface area contributed by atoms with Gasteiger partial charge in [0.15, 0.2) is 0 Å². The summed E-state index contributed by atoms with van der Waals surface area (Å²) in [5, 5.41) is 8.95. The largest absolute Gasteiger partial charge is 0.478 e. The molecule has 0 heterocycles. The van der Waals surface area contributed by atoms with Crippen molar-refractivity contribution >= 4 is 24.5 Å². The quantitative estimate of drug-likeness (QED) is 0.470. The maximum Gasteiger partial charge on any atom is 0.346 e. The molecular weight excluding hydrogens is 212 g/mol. The molecule has 0 aliphatic heterocycles. The molecule has 0 fully saturated rings. The molecule has 0 unspecified atom stereocenters. The summed E-state index contributed by atoms with van der Waals surface area (Å²) in [6.45, 7) is 3.39. The van der Waals surface area contributed by atoms with Crippen LogP contribution in [0.3, 0.4) is 0 Å². The van der Waals surface area contributed by atoms with Gasteiger partial charge in [-0.05, 0) is 11.6 Å². The van der Waals surface area contributed by atoms with Crippen LogP contribution in [0.25, 0.3) is 6.08 Å². The third-order valence-electron chi connectivity index (χ3n) is 1.91. The Morgan fingerprint density at radius 1 is 1.38 bits per heavy atom. The van der Waals surface area contributed by atoms with Gasteiger partial charge in [0.1, 0.15) is 0 Å². The van der Waals surface area contributed by atoms with Gasteiger partial charge in [-0.2, -0.15) is 0 Å². The lowest BCUT2D eigenvalue weighted by Crippen LogP contribution is -2.12. The Hall–Kier alpha value is -2.43. The van der Waals surface area contributed by atoms with E-state index in [0.29, 0.717) is 0 Å². The molecule has 0 radical (unpaired) electrons. The molecule has 1 rings (SSSR count). The van der Waals surface area contributed by atoms with Crippen LogP contribution in [0.15, 0.2) is 24.8 Å². The maximum atomic E-state index is 11.3. The Morgan fingerprint density at radius 2 is 2.06 bits per heavy atom. The van der Waals surface area contributed by atoms with Crippen LogP contribution in [-0.2, 0) is 9.53 Å². The number of hydrogen-bond acceptors (Lipinski definition) is 4. The monoisotopic (exact) mass is 220 g/mol. The summed E-state index contributed by atoms with van der Waals surface area (Å²) in [5.74, 6) is -2.29. The van der Waals surface area contributed by atoms with Crippen molar-refractivity contribution in [1.82, 2.24) is 0 Å². The molecule has 0 aliphatic rings. The zero-order valence-electron chi connectivity index (χ0n) is 8.17. The molecule has 82 valence electrons. The smallest absolute Gasteiger partial charge is 0.346 e. The van der Waals surface area contributed by atoms with E-state index in [0.717, 1.165) is 0 Å². The average Bonchev–Trinajstić information content (AvgIpc) is 2.28. The molecule has 1 aromatic rings. The number of hydrogen-bond donors (Lipinski definition) is 1. The first-order valence-electron chi connectivity index (χ1n) is 4.25. The molecular formula is C11H8O5. The molecule has 5 heteroatoms. The van der Waals surface area contributed by atoms with Gasteiger partial charge in [-0.25, -0.2) is 9.59 Å². The predicted molar refractivity (Wildman–Crippen MR) is 55.0 cm³/mol. The molecule has 0 amide bonds. The van der Waals surface area contributed by atoms with Crippen molar-refractivity contribution in [3.05, 3.63) is 41.5 Å². The highest BCUT2D eigenvalue weighted by atomic mass is 16.6. The lowest BCUT2D eigenvalue weighted by atomic mass is 10.0. The molecule has 5 nitrogen and oxygen atoms in total. The number of carboxylic acid groups (broad SMARTS) is 1. The van der Waals surface area contributed by atoms with E-state index < -0.39 is 11.9 Å². The SMILES string of the molecule is C=Cc1cccc(C(=O)OC=O)c1C(=O)O. The first-order chi connectivity index (χ1) is 7.61. The van der Waals surface area contributed by atoms with Gasteiger partial charge in [-0.3, -0.25) is 4.79 Å². The second-order valence-corrected chi connectivity index (χ2v) is 2.78. The lowest BCUT2D eigenvalue weighted by molar-refractivity contribution is -0.123. The fourth-order valence-electron chi connectivity index (χ4n) is 1.26. The third-order valence-corrected chi connectivity index (χ3v) is 1.91. The standard InChI is InChI=1S/C11H8O5/c1-2-7-4-3-5-8(9(7)10(13)14)11(15)16-6-12/h2-6H,1H2,(H,13,14). The summed E-state index contributed by atoms with van der Waals surface area (Å²) in [7, 11) is 0. The first-order valence-corrected chi connectivity index (χ1v) is 4.25. The van der Waals surface area contributed by atoms with E-state index in [2.05, 4.69) is 11.3 Å². The van der Waals surface area contributed by atoms with Crippen molar-refractivity contribution < 1.29 is 24.2 Å². The van der Waals surface area contributed by atoms with Gasteiger partial charge >= 0.3 is 18.4 Å². The second kappa shape index (κ2) is 4.88. The molecule has 0 aliphatic carbocycles. The van der Waals surface area contributed by atoms with Crippen LogP contribution in [0.5, 0.6) is 0 Å². The minimum absolute atomic E-state index is 0.0471. The molecule has 16 heavy (non-hydrogen) atoms. The average molecular weight is 220 g/mol. The molecule has 0 spiro atoms. The van der Waals surface area contributed by atoms with Crippen molar-refractivity contribution in [2.24, 2.45) is 0 Å². The van der Waals surface area contributed by atoms with E-state index in [1.165, 1.54) is 24.3 Å². The van der Waals surface area contributed by atoms with E-state index in [-0.39, 0.29) is 23.2 Å². The number of esters is 1.